The molecule has 27 heavy (non-hydrogen) atoms. The normalized spacial score (nSPS) is 11.6. The average Bonchev–Trinajstić information content (AvgIpc) is 2.70. The second-order valence-corrected chi connectivity index (χ2v) is 5.79. The number of esters is 1. The molecule has 6 nitrogen and oxygen atoms in total. The van der Waals surface area contributed by atoms with Crippen molar-refractivity contribution in [2.24, 2.45) is 0 Å². The molecule has 136 valence electrons. The molecule has 1 atom stereocenters. The van der Waals surface area contributed by atoms with Crippen molar-refractivity contribution in [3.05, 3.63) is 89.5 Å². The molecule has 0 aliphatic carbocycles. The van der Waals surface area contributed by atoms with Crippen LogP contribution in [0.2, 0.25) is 0 Å². The number of Topliss-reactive ketones (excluding diaryl/α,β-unsaturated/α-hetero) is 1. The van der Waals surface area contributed by atoms with Gasteiger partial charge in [0.25, 0.3) is 0 Å². The van der Waals surface area contributed by atoms with E-state index >= 15 is 0 Å². The Labute approximate surface area is 154 Å². The zero-order valence-corrected chi connectivity index (χ0v) is 14.1. The first-order chi connectivity index (χ1) is 13.0. The van der Waals surface area contributed by atoms with Gasteiger partial charge in [0.15, 0.2) is 23.4 Å². The molecule has 3 N–H and O–H groups in total. The second-order valence-electron chi connectivity index (χ2n) is 5.79. The van der Waals surface area contributed by atoms with Gasteiger partial charge in [-0.05, 0) is 12.1 Å². The molecule has 0 bridgehead atoms. The number of phenolic OH excluding ortho intramolecular Hbond substituents is 3. The largest absolute Gasteiger partial charge is 0.504 e. The van der Waals surface area contributed by atoms with E-state index < -0.39 is 35.1 Å². The lowest BCUT2D eigenvalue weighted by molar-refractivity contribution is 0.0279. The molecule has 0 radical (unpaired) electrons. The van der Waals surface area contributed by atoms with Gasteiger partial charge in [-0.3, -0.25) is 4.79 Å². The standard InChI is InChI=1S/C21H16O6/c22-16-11-15(12-17(23)19(16)25)21(26)27-20(14-9-5-2-6-10-14)18(24)13-7-3-1-4-8-13/h1-12,20,22-23,25H. The van der Waals surface area contributed by atoms with Crippen LogP contribution in [0.4, 0.5) is 0 Å². The third-order valence-electron chi connectivity index (χ3n) is 3.93. The number of ketones is 1. The molecule has 6 heteroatoms. The minimum atomic E-state index is -1.21. The summed E-state index contributed by atoms with van der Waals surface area (Å²) < 4.78 is 5.40. The van der Waals surface area contributed by atoms with Gasteiger partial charge in [-0.15, -0.1) is 0 Å². The number of phenols is 3. The van der Waals surface area contributed by atoms with Crippen LogP contribution >= 0.6 is 0 Å². The van der Waals surface area contributed by atoms with E-state index in [1.54, 1.807) is 60.7 Å². The highest BCUT2D eigenvalue weighted by molar-refractivity contribution is 6.02. The van der Waals surface area contributed by atoms with E-state index in [0.29, 0.717) is 11.1 Å². The van der Waals surface area contributed by atoms with Crippen molar-refractivity contribution in [1.82, 2.24) is 0 Å². The third kappa shape index (κ3) is 3.90. The lowest BCUT2D eigenvalue weighted by Crippen LogP contribution is -2.20. The fourth-order valence-electron chi connectivity index (χ4n) is 2.55. The second kappa shape index (κ2) is 7.61. The molecule has 0 aliphatic heterocycles. The van der Waals surface area contributed by atoms with Gasteiger partial charge in [0.05, 0.1) is 5.56 Å². The summed E-state index contributed by atoms with van der Waals surface area (Å²) in [6, 6.07) is 18.8. The quantitative estimate of drug-likeness (QED) is 0.363. The maximum atomic E-state index is 12.9. The van der Waals surface area contributed by atoms with Crippen molar-refractivity contribution < 1.29 is 29.6 Å². The zero-order valence-electron chi connectivity index (χ0n) is 14.1. The summed E-state index contributed by atoms with van der Waals surface area (Å²) in [5.74, 6) is -3.44. The Morgan fingerprint density at radius 3 is 1.81 bits per heavy atom. The Morgan fingerprint density at radius 2 is 1.26 bits per heavy atom. The molecule has 1 unspecified atom stereocenters. The highest BCUT2D eigenvalue weighted by Gasteiger charge is 2.27. The maximum absolute atomic E-state index is 12.9. The lowest BCUT2D eigenvalue weighted by Gasteiger charge is -2.18. The number of carbonyl (C=O) groups excluding carboxylic acids is 2. The minimum Gasteiger partial charge on any atom is -0.504 e. The number of rotatable bonds is 5. The van der Waals surface area contributed by atoms with E-state index in [0.717, 1.165) is 12.1 Å². The topological polar surface area (TPSA) is 104 Å². The molecule has 0 aliphatic rings. The van der Waals surface area contributed by atoms with Crippen molar-refractivity contribution >= 4 is 11.8 Å². The molecule has 0 saturated heterocycles. The van der Waals surface area contributed by atoms with Crippen molar-refractivity contribution in [1.29, 1.82) is 0 Å². The number of aromatic hydroxyl groups is 3. The molecule has 3 aromatic carbocycles. The molecule has 0 spiro atoms. The van der Waals surface area contributed by atoms with Gasteiger partial charge in [0.2, 0.25) is 5.78 Å². The molecule has 0 saturated carbocycles. The number of benzene rings is 3. The van der Waals surface area contributed by atoms with Gasteiger partial charge in [0, 0.05) is 11.1 Å². The molecule has 0 amide bonds. The van der Waals surface area contributed by atoms with Crippen LogP contribution in [0, 0.1) is 0 Å². The minimum absolute atomic E-state index is 0.204. The number of ether oxygens (including phenoxy) is 1. The van der Waals surface area contributed by atoms with Gasteiger partial charge in [-0.25, -0.2) is 4.79 Å². The fourth-order valence-corrected chi connectivity index (χ4v) is 2.55. The zero-order chi connectivity index (χ0) is 19.4. The Balaban J connectivity index is 1.94. The summed E-state index contributed by atoms with van der Waals surface area (Å²) in [4.78, 5) is 25.4. The van der Waals surface area contributed by atoms with Crippen LogP contribution in [0.1, 0.15) is 32.4 Å². The third-order valence-corrected chi connectivity index (χ3v) is 3.93. The SMILES string of the molecule is O=C(OC(C(=O)c1ccccc1)c1ccccc1)c1cc(O)c(O)c(O)c1. The molecule has 0 aromatic heterocycles. The first-order valence-electron chi connectivity index (χ1n) is 8.07. The van der Waals surface area contributed by atoms with Crippen molar-refractivity contribution in [2.45, 2.75) is 6.10 Å². The van der Waals surface area contributed by atoms with E-state index in [1.165, 1.54) is 0 Å². The Bertz CT molecular complexity index is 943. The number of hydrogen-bond acceptors (Lipinski definition) is 6. The summed E-state index contributed by atoms with van der Waals surface area (Å²) in [5, 5.41) is 28.6. The summed E-state index contributed by atoms with van der Waals surface area (Å²) in [5.41, 5.74) is 0.645. The molecule has 3 aromatic rings. The van der Waals surface area contributed by atoms with Crippen LogP contribution < -0.4 is 0 Å². The molecule has 3 rings (SSSR count). The first kappa shape index (κ1) is 18.0. The first-order valence-corrected chi connectivity index (χ1v) is 8.07. The summed E-state index contributed by atoms with van der Waals surface area (Å²) >= 11 is 0. The van der Waals surface area contributed by atoms with Gasteiger partial charge in [0.1, 0.15) is 0 Å². The van der Waals surface area contributed by atoms with E-state index in [2.05, 4.69) is 0 Å². The average molecular weight is 364 g/mol. The summed E-state index contributed by atoms with van der Waals surface area (Å²) in [6.07, 6.45) is -1.21. The van der Waals surface area contributed by atoms with Crippen LogP contribution in [-0.2, 0) is 4.74 Å². The number of carbonyl (C=O) groups is 2. The predicted molar refractivity (Wildman–Crippen MR) is 96.8 cm³/mol. The van der Waals surface area contributed by atoms with Crippen molar-refractivity contribution in [2.75, 3.05) is 0 Å². The van der Waals surface area contributed by atoms with Gasteiger partial charge >= 0.3 is 5.97 Å². The molecule has 0 fully saturated rings. The predicted octanol–water partition coefficient (Wildman–Crippen LogP) is 3.58. The Kier molecular flexibility index (Phi) is 5.08. The van der Waals surface area contributed by atoms with Gasteiger partial charge < -0.3 is 20.1 Å². The smallest absolute Gasteiger partial charge is 0.339 e. The maximum Gasteiger partial charge on any atom is 0.339 e. The highest BCUT2D eigenvalue weighted by Crippen LogP contribution is 2.36. The highest BCUT2D eigenvalue weighted by atomic mass is 16.5. The Hall–Kier alpha value is -3.80. The van der Waals surface area contributed by atoms with Crippen LogP contribution in [0.25, 0.3) is 0 Å². The van der Waals surface area contributed by atoms with Gasteiger partial charge in [-0.2, -0.15) is 0 Å². The van der Waals surface area contributed by atoms with Crippen LogP contribution in [0.5, 0.6) is 17.2 Å². The van der Waals surface area contributed by atoms with E-state index in [1.807, 2.05) is 0 Å². The lowest BCUT2D eigenvalue weighted by atomic mass is 9.99. The fraction of sp³-hybridized carbons (Fsp3) is 0.0476. The van der Waals surface area contributed by atoms with E-state index in [4.69, 9.17) is 4.74 Å². The molecular weight excluding hydrogens is 348 g/mol. The summed E-state index contributed by atoms with van der Waals surface area (Å²) in [6.45, 7) is 0. The van der Waals surface area contributed by atoms with Crippen LogP contribution in [-0.4, -0.2) is 27.1 Å². The number of hydrogen-bond donors (Lipinski definition) is 3. The Morgan fingerprint density at radius 1 is 0.741 bits per heavy atom. The van der Waals surface area contributed by atoms with Gasteiger partial charge in [-0.1, -0.05) is 60.7 Å². The van der Waals surface area contributed by atoms with Crippen LogP contribution in [0.15, 0.2) is 72.8 Å². The summed E-state index contributed by atoms with van der Waals surface area (Å²) in [7, 11) is 0. The molecular formula is C21H16O6. The van der Waals surface area contributed by atoms with E-state index in [9.17, 15) is 24.9 Å². The molecule has 0 heterocycles. The van der Waals surface area contributed by atoms with Crippen molar-refractivity contribution in [3.63, 3.8) is 0 Å². The van der Waals surface area contributed by atoms with E-state index in [-0.39, 0.29) is 5.56 Å². The van der Waals surface area contributed by atoms with Crippen LogP contribution in [0.3, 0.4) is 0 Å². The monoisotopic (exact) mass is 364 g/mol. The van der Waals surface area contributed by atoms with Crippen molar-refractivity contribution in [3.8, 4) is 17.2 Å².